The van der Waals surface area contributed by atoms with Crippen molar-refractivity contribution in [2.45, 2.75) is 51.7 Å². The lowest BCUT2D eigenvalue weighted by Crippen LogP contribution is -2.56. The molecule has 4 atom stereocenters. The van der Waals surface area contributed by atoms with Crippen LogP contribution in [0.4, 0.5) is 5.69 Å². The van der Waals surface area contributed by atoms with Crippen molar-refractivity contribution in [3.8, 4) is 0 Å². The van der Waals surface area contributed by atoms with Crippen LogP contribution in [-0.4, -0.2) is 50.2 Å². The lowest BCUT2D eigenvalue weighted by atomic mass is 9.82. The normalized spacial score (nSPS) is 22.7. The molecule has 0 N–H and O–H groups in total. The number of nitro groups is 1. The standard InChI is InChI=1S/C25H28N4O5/c1-3-15(2)22(28-14-17-6-4-5-7-19(17)23(28)30)25(32)26-11-16-10-18(13-26)20-8-9-21(29(33)34)24(31)27(20)12-16/h4-9,15-16,18,22H,3,10-14H2,1-2H3/t15-,16-,18-,22+/m1/s1. The van der Waals surface area contributed by atoms with Crippen LogP contribution in [0.3, 0.4) is 0 Å². The number of likely N-dealkylation sites (tertiary alicyclic amines) is 1. The van der Waals surface area contributed by atoms with Crippen molar-refractivity contribution in [2.24, 2.45) is 11.8 Å². The molecule has 5 rings (SSSR count). The first-order chi connectivity index (χ1) is 16.3. The summed E-state index contributed by atoms with van der Waals surface area (Å²) in [4.78, 5) is 53.9. The van der Waals surface area contributed by atoms with Crippen molar-refractivity contribution < 1.29 is 14.5 Å². The van der Waals surface area contributed by atoms with Gasteiger partial charge in [-0.2, -0.15) is 0 Å². The third-order valence-corrected chi connectivity index (χ3v) is 7.71. The highest BCUT2D eigenvalue weighted by atomic mass is 16.6. The molecular weight excluding hydrogens is 436 g/mol. The van der Waals surface area contributed by atoms with Crippen LogP contribution in [0.1, 0.15) is 54.2 Å². The number of fused-ring (bicyclic) bond motifs is 5. The summed E-state index contributed by atoms with van der Waals surface area (Å²) >= 11 is 0. The Balaban J connectivity index is 1.43. The molecule has 2 amide bonds. The maximum absolute atomic E-state index is 13.9. The molecule has 3 aliphatic rings. The number of carbonyl (C=O) groups is 2. The van der Waals surface area contributed by atoms with Gasteiger partial charge in [0.1, 0.15) is 6.04 Å². The molecule has 178 valence electrons. The number of hydrogen-bond donors (Lipinski definition) is 0. The van der Waals surface area contributed by atoms with Crippen LogP contribution in [0.5, 0.6) is 0 Å². The van der Waals surface area contributed by atoms with E-state index in [-0.39, 0.29) is 29.6 Å². The molecule has 0 radical (unpaired) electrons. The molecule has 2 aromatic rings. The van der Waals surface area contributed by atoms with Gasteiger partial charge in [0.25, 0.3) is 5.91 Å². The van der Waals surface area contributed by atoms with Gasteiger partial charge in [0.15, 0.2) is 0 Å². The number of nitrogens with zero attached hydrogens (tertiary/aromatic N) is 4. The highest BCUT2D eigenvalue weighted by Gasteiger charge is 2.44. The highest BCUT2D eigenvalue weighted by molar-refractivity contribution is 6.01. The minimum atomic E-state index is -0.641. The maximum atomic E-state index is 13.9. The molecule has 0 spiro atoms. The molecule has 1 fully saturated rings. The fourth-order valence-electron chi connectivity index (χ4n) is 5.85. The Hall–Kier alpha value is -3.49. The number of hydrogen-bond acceptors (Lipinski definition) is 5. The van der Waals surface area contributed by atoms with Crippen LogP contribution in [0, 0.1) is 22.0 Å². The summed E-state index contributed by atoms with van der Waals surface area (Å²) in [5.74, 6) is -0.184. The van der Waals surface area contributed by atoms with Gasteiger partial charge in [-0.3, -0.25) is 24.5 Å². The molecular formula is C25H28N4O5. The predicted octanol–water partition coefficient (Wildman–Crippen LogP) is 2.77. The van der Waals surface area contributed by atoms with E-state index in [0.29, 0.717) is 31.7 Å². The van der Waals surface area contributed by atoms with Gasteiger partial charge in [-0.1, -0.05) is 38.5 Å². The lowest BCUT2D eigenvalue weighted by Gasteiger charge is -2.45. The van der Waals surface area contributed by atoms with E-state index in [4.69, 9.17) is 0 Å². The molecule has 34 heavy (non-hydrogen) atoms. The molecule has 1 aromatic heterocycles. The Morgan fingerprint density at radius 2 is 1.91 bits per heavy atom. The third-order valence-electron chi connectivity index (χ3n) is 7.71. The summed E-state index contributed by atoms with van der Waals surface area (Å²) < 4.78 is 1.52. The van der Waals surface area contributed by atoms with Crippen LogP contribution >= 0.6 is 0 Å². The van der Waals surface area contributed by atoms with Gasteiger partial charge in [-0.15, -0.1) is 0 Å². The van der Waals surface area contributed by atoms with E-state index in [1.54, 1.807) is 11.0 Å². The van der Waals surface area contributed by atoms with Crippen molar-refractivity contribution >= 4 is 17.5 Å². The Bertz CT molecular complexity index is 1240. The number of aromatic nitrogens is 1. The second-order valence-corrected chi connectivity index (χ2v) is 9.78. The van der Waals surface area contributed by atoms with E-state index in [1.165, 1.54) is 10.6 Å². The Kier molecular flexibility index (Phi) is 5.50. The van der Waals surface area contributed by atoms with Gasteiger partial charge in [0, 0.05) is 49.4 Å². The zero-order valence-electron chi connectivity index (χ0n) is 19.3. The van der Waals surface area contributed by atoms with Crippen molar-refractivity contribution in [2.75, 3.05) is 13.1 Å². The molecule has 1 saturated heterocycles. The zero-order valence-corrected chi connectivity index (χ0v) is 19.3. The largest absolute Gasteiger partial charge is 0.340 e. The molecule has 9 nitrogen and oxygen atoms in total. The minimum Gasteiger partial charge on any atom is -0.340 e. The average molecular weight is 465 g/mol. The average Bonchev–Trinajstić information content (AvgIpc) is 3.15. The van der Waals surface area contributed by atoms with Crippen molar-refractivity contribution in [3.05, 3.63) is 73.7 Å². The van der Waals surface area contributed by atoms with Gasteiger partial charge >= 0.3 is 11.2 Å². The van der Waals surface area contributed by atoms with Crippen LogP contribution in [0.2, 0.25) is 0 Å². The number of pyridine rings is 1. The first kappa shape index (κ1) is 22.3. The third kappa shape index (κ3) is 3.50. The first-order valence-corrected chi connectivity index (χ1v) is 11.9. The fourth-order valence-corrected chi connectivity index (χ4v) is 5.85. The zero-order chi connectivity index (χ0) is 24.1. The van der Waals surface area contributed by atoms with Crippen LogP contribution in [0.15, 0.2) is 41.2 Å². The van der Waals surface area contributed by atoms with Crippen LogP contribution in [-0.2, 0) is 17.9 Å². The SMILES string of the molecule is CC[C@@H](C)[C@@H](C(=O)N1C[C@H]2C[C@H](C1)c1ccc([N+](=O)[O-])c(=O)n1C2)N1Cc2ccccc2C1=O. The fraction of sp³-hybridized carbons (Fsp3) is 0.480. The summed E-state index contributed by atoms with van der Waals surface area (Å²) in [6.07, 6.45) is 1.60. The molecule has 0 aliphatic carbocycles. The van der Waals surface area contributed by atoms with E-state index >= 15 is 0 Å². The van der Waals surface area contributed by atoms with Gasteiger partial charge in [-0.05, 0) is 36.0 Å². The Labute approximate surface area is 197 Å². The molecule has 0 saturated carbocycles. The van der Waals surface area contributed by atoms with Crippen molar-refractivity contribution in [3.63, 3.8) is 0 Å². The summed E-state index contributed by atoms with van der Waals surface area (Å²) in [5.41, 5.74) is 1.36. The highest BCUT2D eigenvalue weighted by Crippen LogP contribution is 2.37. The topological polar surface area (TPSA) is 106 Å². The van der Waals surface area contributed by atoms with Crippen LogP contribution < -0.4 is 5.56 Å². The lowest BCUT2D eigenvalue weighted by molar-refractivity contribution is -0.386. The number of piperidine rings is 1. The van der Waals surface area contributed by atoms with Crippen molar-refractivity contribution in [1.29, 1.82) is 0 Å². The molecule has 1 aromatic carbocycles. The monoisotopic (exact) mass is 464 g/mol. The maximum Gasteiger partial charge on any atom is 0.334 e. The van der Waals surface area contributed by atoms with Gasteiger partial charge in [0.2, 0.25) is 5.91 Å². The first-order valence-electron chi connectivity index (χ1n) is 11.9. The van der Waals surface area contributed by atoms with E-state index in [9.17, 15) is 24.5 Å². The molecule has 0 unspecified atom stereocenters. The Morgan fingerprint density at radius 1 is 1.15 bits per heavy atom. The van der Waals surface area contributed by atoms with E-state index < -0.39 is 22.2 Å². The molecule has 4 heterocycles. The molecule has 9 heteroatoms. The van der Waals surface area contributed by atoms with Crippen LogP contribution in [0.25, 0.3) is 0 Å². The van der Waals surface area contributed by atoms with Gasteiger partial charge in [-0.25, -0.2) is 0 Å². The smallest absolute Gasteiger partial charge is 0.334 e. The minimum absolute atomic E-state index is 0.00918. The summed E-state index contributed by atoms with van der Waals surface area (Å²) in [5, 5.41) is 11.2. The number of carbonyl (C=O) groups excluding carboxylic acids is 2. The predicted molar refractivity (Wildman–Crippen MR) is 124 cm³/mol. The molecule has 3 aliphatic heterocycles. The number of rotatable bonds is 5. The van der Waals surface area contributed by atoms with E-state index in [0.717, 1.165) is 24.1 Å². The van der Waals surface area contributed by atoms with E-state index in [2.05, 4.69) is 0 Å². The Morgan fingerprint density at radius 3 is 2.62 bits per heavy atom. The van der Waals surface area contributed by atoms with Crippen molar-refractivity contribution in [1.82, 2.24) is 14.4 Å². The second kappa shape index (κ2) is 8.38. The van der Waals surface area contributed by atoms with Gasteiger partial charge < -0.3 is 14.4 Å². The van der Waals surface area contributed by atoms with Gasteiger partial charge in [0.05, 0.1) is 4.92 Å². The van der Waals surface area contributed by atoms with E-state index in [1.807, 2.05) is 43.0 Å². The number of benzene rings is 1. The number of amides is 2. The summed E-state index contributed by atoms with van der Waals surface area (Å²) in [6, 6.07) is 9.88. The summed E-state index contributed by atoms with van der Waals surface area (Å²) in [7, 11) is 0. The summed E-state index contributed by atoms with van der Waals surface area (Å²) in [6.45, 7) is 5.74. The second-order valence-electron chi connectivity index (χ2n) is 9.78. The molecule has 2 bridgehead atoms. The quantitative estimate of drug-likeness (QED) is 0.500.